The number of carbonyl (C=O) groups excluding carboxylic acids is 2. The van der Waals surface area contributed by atoms with Crippen LogP contribution in [0.4, 0.5) is 0 Å². The highest BCUT2D eigenvalue weighted by Crippen LogP contribution is 2.48. The average Bonchev–Trinajstić information content (AvgIpc) is 3.62. The van der Waals surface area contributed by atoms with E-state index in [1.54, 1.807) is 11.3 Å². The Morgan fingerprint density at radius 2 is 1.29 bits per heavy atom. The molecule has 0 fully saturated rings. The van der Waals surface area contributed by atoms with Crippen molar-refractivity contribution in [2.24, 2.45) is 11.8 Å². The molecule has 0 radical (unpaired) electrons. The molecule has 204 valence electrons. The molecule has 0 saturated carbocycles. The van der Waals surface area contributed by atoms with Gasteiger partial charge in [-0.3, -0.25) is 9.59 Å². The maximum absolute atomic E-state index is 14.3. The molecule has 4 nitrogen and oxygen atoms in total. The van der Waals surface area contributed by atoms with E-state index in [1.807, 2.05) is 45.5 Å². The summed E-state index contributed by atoms with van der Waals surface area (Å²) >= 11 is 5.16. The van der Waals surface area contributed by atoms with Gasteiger partial charge in [0.15, 0.2) is 0 Å². The Balaban J connectivity index is 1.85. The van der Waals surface area contributed by atoms with Gasteiger partial charge in [0.2, 0.25) is 0 Å². The normalized spacial score (nSPS) is 17.2. The van der Waals surface area contributed by atoms with Gasteiger partial charge in [-0.25, -0.2) is 0 Å². The number of benzene rings is 1. The molecule has 0 aliphatic carbocycles. The summed E-state index contributed by atoms with van der Waals surface area (Å²) in [5.74, 6) is 0.775. The maximum Gasteiger partial charge on any atom is 0.261 e. The number of fused-ring (bicyclic) bond motifs is 1. The van der Waals surface area contributed by atoms with Crippen LogP contribution in [0.2, 0.25) is 0 Å². The van der Waals surface area contributed by atoms with Gasteiger partial charge in [-0.05, 0) is 53.8 Å². The Morgan fingerprint density at radius 1 is 0.763 bits per heavy atom. The van der Waals surface area contributed by atoms with Crippen LogP contribution in [0.15, 0.2) is 57.4 Å². The Hall–Kier alpha value is -2.18. The summed E-state index contributed by atoms with van der Waals surface area (Å²) in [7, 11) is 0. The lowest BCUT2D eigenvalue weighted by Crippen LogP contribution is -2.34. The minimum Gasteiger partial charge on any atom is -0.307 e. The van der Waals surface area contributed by atoms with Gasteiger partial charge in [0, 0.05) is 17.6 Å². The van der Waals surface area contributed by atoms with Crippen LogP contribution >= 0.6 is 27.3 Å². The molecule has 2 unspecified atom stereocenters. The highest BCUT2D eigenvalue weighted by Gasteiger charge is 2.49. The van der Waals surface area contributed by atoms with E-state index in [2.05, 4.69) is 49.7 Å². The topological polar surface area (TPSA) is 40.6 Å². The Kier molecular flexibility index (Phi) is 10.1. The summed E-state index contributed by atoms with van der Waals surface area (Å²) in [5, 5.41) is 2.03. The van der Waals surface area contributed by atoms with Gasteiger partial charge in [-0.1, -0.05) is 100 Å². The first-order chi connectivity index (χ1) is 18.4. The van der Waals surface area contributed by atoms with Crippen LogP contribution in [0.5, 0.6) is 0 Å². The third-order valence-electron chi connectivity index (χ3n) is 8.02. The first-order valence-electron chi connectivity index (χ1n) is 14.4. The van der Waals surface area contributed by atoms with Crippen LogP contribution in [0, 0.1) is 11.8 Å². The van der Waals surface area contributed by atoms with E-state index >= 15 is 0 Å². The largest absolute Gasteiger partial charge is 0.307 e. The van der Waals surface area contributed by atoms with Crippen molar-refractivity contribution in [1.82, 2.24) is 9.80 Å². The van der Waals surface area contributed by atoms with E-state index in [1.165, 1.54) is 0 Å². The molecule has 2 aromatic rings. The molecule has 2 atom stereocenters. The van der Waals surface area contributed by atoms with E-state index in [4.69, 9.17) is 0 Å². The van der Waals surface area contributed by atoms with Gasteiger partial charge in [0.1, 0.15) is 0 Å². The number of unbranched alkanes of at least 4 members (excludes halogenated alkanes) is 2. The van der Waals surface area contributed by atoms with Crippen molar-refractivity contribution >= 4 is 50.5 Å². The van der Waals surface area contributed by atoms with Gasteiger partial charge in [0.25, 0.3) is 11.8 Å². The van der Waals surface area contributed by atoms with Crippen molar-refractivity contribution in [3.05, 3.63) is 67.8 Å². The molecule has 0 N–H and O–H groups in total. The van der Waals surface area contributed by atoms with Crippen LogP contribution in [0.25, 0.3) is 11.4 Å². The van der Waals surface area contributed by atoms with Crippen molar-refractivity contribution in [2.45, 2.75) is 79.1 Å². The third kappa shape index (κ3) is 5.86. The molecule has 6 heteroatoms. The monoisotopic (exact) mass is 596 g/mol. The van der Waals surface area contributed by atoms with Crippen molar-refractivity contribution < 1.29 is 9.59 Å². The summed E-state index contributed by atoms with van der Waals surface area (Å²) in [6.07, 6.45) is 8.81. The molecule has 1 aromatic heterocycles. The molecule has 2 amide bonds. The minimum atomic E-state index is -0.0197. The van der Waals surface area contributed by atoms with Crippen LogP contribution in [0.1, 0.15) is 89.5 Å². The molecule has 1 aromatic carbocycles. The van der Waals surface area contributed by atoms with Gasteiger partial charge < -0.3 is 9.80 Å². The number of nitrogens with zero attached hydrogens (tertiary/aromatic N) is 2. The van der Waals surface area contributed by atoms with Crippen LogP contribution < -0.4 is 0 Å². The van der Waals surface area contributed by atoms with Gasteiger partial charge in [-0.15, -0.1) is 11.3 Å². The maximum atomic E-state index is 14.3. The van der Waals surface area contributed by atoms with Crippen LogP contribution in [-0.4, -0.2) is 34.7 Å². The second-order valence-corrected chi connectivity index (χ2v) is 12.5. The lowest BCUT2D eigenvalue weighted by Gasteiger charge is -2.29. The summed E-state index contributed by atoms with van der Waals surface area (Å²) in [6, 6.07) is 12.1. The number of amides is 2. The van der Waals surface area contributed by atoms with Gasteiger partial charge in [0.05, 0.1) is 27.4 Å². The first kappa shape index (κ1) is 28.8. The molecule has 2 aliphatic heterocycles. The Bertz CT molecular complexity index is 1180. The number of thiophene rings is 1. The fraction of sp³-hybridized carbons (Fsp3) is 0.500. The summed E-state index contributed by atoms with van der Waals surface area (Å²) < 4.78 is 0.980. The predicted molar refractivity (Wildman–Crippen MR) is 162 cm³/mol. The highest BCUT2D eigenvalue weighted by molar-refractivity contribution is 9.10. The predicted octanol–water partition coefficient (Wildman–Crippen LogP) is 8.75. The standard InChI is InChI=1S/C32H41BrN2O2S/c1-5-9-12-22(7-3)20-34-29(24-15-17-25(33)18-16-24)27-28(32(34)37)30(26-14-11-19-38-26)35(31(27)36)21-23(8-4)13-10-6-2/h11,14-19,22-23H,5-10,12-13,20-21H2,1-4H3. The Morgan fingerprint density at radius 3 is 1.76 bits per heavy atom. The highest BCUT2D eigenvalue weighted by atomic mass is 79.9. The summed E-state index contributed by atoms with van der Waals surface area (Å²) in [6.45, 7) is 10.1. The molecule has 0 saturated heterocycles. The SMILES string of the molecule is CCCCC(CC)CN1C(=O)C2=C(c3cccs3)N(CC(CC)CCCC)C(=O)C2=C1c1ccc(Br)cc1. The van der Waals surface area contributed by atoms with Crippen molar-refractivity contribution in [3.63, 3.8) is 0 Å². The quantitative estimate of drug-likeness (QED) is 0.219. The molecule has 4 rings (SSSR count). The second-order valence-electron chi connectivity index (χ2n) is 10.6. The zero-order chi connectivity index (χ0) is 27.2. The van der Waals surface area contributed by atoms with E-state index in [9.17, 15) is 9.59 Å². The van der Waals surface area contributed by atoms with E-state index in [-0.39, 0.29) is 11.8 Å². The van der Waals surface area contributed by atoms with Crippen LogP contribution in [-0.2, 0) is 9.59 Å². The Labute approximate surface area is 240 Å². The number of carbonyl (C=O) groups is 2. The minimum absolute atomic E-state index is 0.0197. The fourth-order valence-electron chi connectivity index (χ4n) is 5.67. The molecule has 38 heavy (non-hydrogen) atoms. The molecule has 3 heterocycles. The van der Waals surface area contributed by atoms with Gasteiger partial charge >= 0.3 is 0 Å². The average molecular weight is 598 g/mol. The zero-order valence-electron chi connectivity index (χ0n) is 23.3. The molecular weight excluding hydrogens is 556 g/mol. The van der Waals surface area contributed by atoms with Gasteiger partial charge in [-0.2, -0.15) is 0 Å². The zero-order valence-corrected chi connectivity index (χ0v) is 25.7. The van der Waals surface area contributed by atoms with E-state index in [0.29, 0.717) is 36.1 Å². The lowest BCUT2D eigenvalue weighted by atomic mass is 9.97. The summed E-state index contributed by atoms with van der Waals surface area (Å²) in [5.41, 5.74) is 3.73. The molecule has 0 bridgehead atoms. The molecular formula is C32H41BrN2O2S. The van der Waals surface area contributed by atoms with Crippen LogP contribution in [0.3, 0.4) is 0 Å². The molecule has 2 aliphatic rings. The van der Waals surface area contributed by atoms with E-state index < -0.39 is 0 Å². The van der Waals surface area contributed by atoms with Crippen molar-refractivity contribution in [3.8, 4) is 0 Å². The van der Waals surface area contributed by atoms with Crippen molar-refractivity contribution in [1.29, 1.82) is 0 Å². The fourth-order valence-corrected chi connectivity index (χ4v) is 6.72. The smallest absolute Gasteiger partial charge is 0.261 e. The number of rotatable bonds is 14. The summed E-state index contributed by atoms with van der Waals surface area (Å²) in [4.78, 5) is 33.5. The second kappa shape index (κ2) is 13.3. The lowest BCUT2D eigenvalue weighted by molar-refractivity contribution is -0.124. The number of hydrogen-bond acceptors (Lipinski definition) is 3. The van der Waals surface area contributed by atoms with E-state index in [0.717, 1.165) is 77.7 Å². The number of halogens is 1. The third-order valence-corrected chi connectivity index (χ3v) is 9.43. The first-order valence-corrected chi connectivity index (χ1v) is 16.0. The van der Waals surface area contributed by atoms with Crippen molar-refractivity contribution in [2.75, 3.05) is 13.1 Å². The number of hydrogen-bond donors (Lipinski definition) is 0. The molecule has 0 spiro atoms.